The van der Waals surface area contributed by atoms with Gasteiger partial charge in [0.15, 0.2) is 9.84 Å². The van der Waals surface area contributed by atoms with Gasteiger partial charge in [0.05, 0.1) is 20.7 Å². The van der Waals surface area contributed by atoms with Gasteiger partial charge in [-0.25, -0.2) is 13.4 Å². The summed E-state index contributed by atoms with van der Waals surface area (Å²) in [5, 5.41) is 1.06. The molecule has 0 aliphatic carbocycles. The highest BCUT2D eigenvalue weighted by Gasteiger charge is 2.13. The van der Waals surface area contributed by atoms with Crippen LogP contribution in [0.5, 0.6) is 0 Å². The summed E-state index contributed by atoms with van der Waals surface area (Å²) in [6.45, 7) is 1.65. The quantitative estimate of drug-likeness (QED) is 0.335. The van der Waals surface area contributed by atoms with E-state index < -0.39 is 9.84 Å². The van der Waals surface area contributed by atoms with E-state index in [1.165, 1.54) is 0 Å². The van der Waals surface area contributed by atoms with Crippen LogP contribution in [0.3, 0.4) is 0 Å². The number of sulfone groups is 1. The monoisotopic (exact) mass is 470 g/mol. The van der Waals surface area contributed by atoms with Gasteiger partial charge in [-0.15, -0.1) is 0 Å². The van der Waals surface area contributed by atoms with Crippen molar-refractivity contribution in [1.82, 2.24) is 9.55 Å². The molecular weight excluding hydrogens is 451 g/mol. The van der Waals surface area contributed by atoms with E-state index in [1.807, 2.05) is 53.2 Å². The first-order valence-corrected chi connectivity index (χ1v) is 12.2. The minimum atomic E-state index is -3.25. The zero-order valence-electron chi connectivity index (χ0n) is 16.8. The minimum absolute atomic E-state index is 0.0788. The molecule has 0 amide bonds. The van der Waals surface area contributed by atoms with Gasteiger partial charge in [0, 0.05) is 24.5 Å². The first kappa shape index (κ1) is 21.6. The van der Waals surface area contributed by atoms with E-state index in [4.69, 9.17) is 23.2 Å². The summed E-state index contributed by atoms with van der Waals surface area (Å²) >= 11 is 12.5. The molecule has 4 aromatic rings. The maximum Gasteiger partial charge on any atom is 0.178 e. The highest BCUT2D eigenvalue weighted by molar-refractivity contribution is 7.91. The molecule has 0 saturated heterocycles. The molecule has 7 heteroatoms. The van der Waals surface area contributed by atoms with Gasteiger partial charge in [0.1, 0.15) is 5.82 Å². The molecule has 0 radical (unpaired) electrons. The third kappa shape index (κ3) is 4.54. The van der Waals surface area contributed by atoms with Crippen molar-refractivity contribution in [3.8, 4) is 16.8 Å². The molecule has 1 aromatic heterocycles. The fourth-order valence-electron chi connectivity index (χ4n) is 3.41. The van der Waals surface area contributed by atoms with Crippen molar-refractivity contribution in [3.05, 3.63) is 101 Å². The van der Waals surface area contributed by atoms with Crippen molar-refractivity contribution in [3.63, 3.8) is 0 Å². The largest absolute Gasteiger partial charge is 0.303 e. The standard InChI is InChI=1S/C24H20Cl2N2O2S/c1-2-31(29,30)21-7-3-5-18(15-21)17-9-11-20(12-10-17)28-14-13-27-23(28)16-19-6-4-8-22(25)24(19)26/h3-15H,2,16H2,1H3. The van der Waals surface area contributed by atoms with E-state index in [1.54, 1.807) is 37.4 Å². The van der Waals surface area contributed by atoms with Crippen LogP contribution in [-0.4, -0.2) is 23.7 Å². The molecule has 0 unspecified atom stereocenters. The highest BCUT2D eigenvalue weighted by atomic mass is 35.5. The summed E-state index contributed by atoms with van der Waals surface area (Å²) < 4.78 is 26.4. The fraction of sp³-hybridized carbons (Fsp3) is 0.125. The molecule has 1 heterocycles. The molecule has 158 valence electrons. The Morgan fingerprint density at radius 3 is 2.42 bits per heavy atom. The van der Waals surface area contributed by atoms with E-state index >= 15 is 0 Å². The summed E-state index contributed by atoms with van der Waals surface area (Å²) in [7, 11) is -3.25. The number of hydrogen-bond donors (Lipinski definition) is 0. The van der Waals surface area contributed by atoms with Crippen LogP contribution < -0.4 is 0 Å². The molecule has 0 bridgehead atoms. The maximum absolute atomic E-state index is 12.2. The molecule has 0 fully saturated rings. The van der Waals surface area contributed by atoms with Gasteiger partial charge in [-0.05, 0) is 47.0 Å². The lowest BCUT2D eigenvalue weighted by Gasteiger charge is -2.11. The Morgan fingerprint density at radius 2 is 1.68 bits per heavy atom. The Bertz CT molecular complexity index is 1330. The van der Waals surface area contributed by atoms with Gasteiger partial charge >= 0.3 is 0 Å². The number of nitrogens with zero attached hydrogens (tertiary/aromatic N) is 2. The lowest BCUT2D eigenvalue weighted by molar-refractivity contribution is 0.597. The number of halogens is 2. The average Bonchev–Trinajstić information content (AvgIpc) is 3.25. The Balaban J connectivity index is 1.63. The minimum Gasteiger partial charge on any atom is -0.303 e. The smallest absolute Gasteiger partial charge is 0.178 e. The van der Waals surface area contributed by atoms with Gasteiger partial charge in [0.25, 0.3) is 0 Å². The van der Waals surface area contributed by atoms with Crippen LogP contribution in [0.2, 0.25) is 10.0 Å². The van der Waals surface area contributed by atoms with Crippen molar-refractivity contribution < 1.29 is 8.42 Å². The second-order valence-corrected chi connectivity index (χ2v) is 10.1. The van der Waals surface area contributed by atoms with Crippen molar-refractivity contribution in [2.45, 2.75) is 18.2 Å². The van der Waals surface area contributed by atoms with Crippen LogP contribution in [0, 0.1) is 0 Å². The third-order valence-corrected chi connectivity index (χ3v) is 7.74. The first-order chi connectivity index (χ1) is 14.9. The second kappa shape index (κ2) is 8.87. The van der Waals surface area contributed by atoms with Crippen molar-refractivity contribution >= 4 is 33.0 Å². The average molecular weight is 471 g/mol. The second-order valence-electron chi connectivity index (χ2n) is 7.08. The van der Waals surface area contributed by atoms with E-state index in [-0.39, 0.29) is 5.75 Å². The summed E-state index contributed by atoms with van der Waals surface area (Å²) in [4.78, 5) is 4.82. The number of aromatic nitrogens is 2. The van der Waals surface area contributed by atoms with Gasteiger partial charge in [-0.3, -0.25) is 0 Å². The summed E-state index contributed by atoms with van der Waals surface area (Å²) in [6, 6.07) is 20.5. The molecule has 4 nitrogen and oxygen atoms in total. The van der Waals surface area contributed by atoms with Crippen molar-refractivity contribution in [2.75, 3.05) is 5.75 Å². The lowest BCUT2D eigenvalue weighted by Crippen LogP contribution is -2.03. The molecule has 31 heavy (non-hydrogen) atoms. The number of imidazole rings is 1. The van der Waals surface area contributed by atoms with Gasteiger partial charge in [0.2, 0.25) is 0 Å². The molecule has 0 N–H and O–H groups in total. The fourth-order valence-corrected chi connectivity index (χ4v) is 4.72. The number of hydrogen-bond acceptors (Lipinski definition) is 3. The number of benzene rings is 3. The predicted octanol–water partition coefficient (Wildman–Crippen LogP) is 6.23. The molecule has 0 spiro atoms. The maximum atomic E-state index is 12.2. The first-order valence-electron chi connectivity index (χ1n) is 9.78. The van der Waals surface area contributed by atoms with E-state index in [0.717, 1.165) is 28.2 Å². The van der Waals surface area contributed by atoms with Crippen LogP contribution in [0.15, 0.2) is 84.0 Å². The Labute approximate surface area is 192 Å². The predicted molar refractivity (Wildman–Crippen MR) is 126 cm³/mol. The van der Waals surface area contributed by atoms with E-state index in [2.05, 4.69) is 4.98 Å². The van der Waals surface area contributed by atoms with Crippen molar-refractivity contribution in [1.29, 1.82) is 0 Å². The number of rotatable bonds is 6. The Kier molecular flexibility index (Phi) is 6.19. The molecular formula is C24H20Cl2N2O2S. The van der Waals surface area contributed by atoms with E-state index in [9.17, 15) is 8.42 Å². The Morgan fingerprint density at radius 1 is 0.935 bits per heavy atom. The summed E-state index contributed by atoms with van der Waals surface area (Å²) in [5.74, 6) is 0.920. The Hall–Kier alpha value is -2.60. The lowest BCUT2D eigenvalue weighted by atomic mass is 10.1. The van der Waals surface area contributed by atoms with Crippen LogP contribution in [0.25, 0.3) is 16.8 Å². The van der Waals surface area contributed by atoms with Gasteiger partial charge < -0.3 is 4.57 Å². The molecule has 0 aliphatic heterocycles. The van der Waals surface area contributed by atoms with Gasteiger partial charge in [-0.1, -0.05) is 66.5 Å². The molecule has 0 saturated carbocycles. The normalized spacial score (nSPS) is 11.6. The van der Waals surface area contributed by atoms with Crippen LogP contribution in [-0.2, 0) is 16.3 Å². The van der Waals surface area contributed by atoms with E-state index in [0.29, 0.717) is 21.4 Å². The topological polar surface area (TPSA) is 52.0 Å². The third-order valence-electron chi connectivity index (χ3n) is 5.15. The van der Waals surface area contributed by atoms with Gasteiger partial charge in [-0.2, -0.15) is 0 Å². The van der Waals surface area contributed by atoms with Crippen LogP contribution >= 0.6 is 23.2 Å². The molecule has 3 aromatic carbocycles. The summed E-state index contributed by atoms with van der Waals surface area (Å²) in [5.41, 5.74) is 3.66. The molecule has 4 rings (SSSR count). The molecule has 0 atom stereocenters. The zero-order chi connectivity index (χ0) is 22.0. The SMILES string of the molecule is CCS(=O)(=O)c1cccc(-c2ccc(-n3ccnc3Cc3cccc(Cl)c3Cl)cc2)c1. The van der Waals surface area contributed by atoms with Crippen LogP contribution in [0.4, 0.5) is 0 Å². The zero-order valence-corrected chi connectivity index (χ0v) is 19.1. The summed E-state index contributed by atoms with van der Waals surface area (Å²) in [6.07, 6.45) is 4.20. The van der Waals surface area contributed by atoms with Crippen LogP contribution in [0.1, 0.15) is 18.3 Å². The van der Waals surface area contributed by atoms with Crippen molar-refractivity contribution in [2.24, 2.45) is 0 Å². The highest BCUT2D eigenvalue weighted by Crippen LogP contribution is 2.28. The molecule has 0 aliphatic rings.